The normalized spacial score (nSPS) is 11.0. The Morgan fingerprint density at radius 1 is 1.10 bits per heavy atom. The molecule has 0 saturated carbocycles. The van der Waals surface area contributed by atoms with Crippen molar-refractivity contribution in [1.29, 1.82) is 0 Å². The fourth-order valence-electron chi connectivity index (χ4n) is 2.43. The summed E-state index contributed by atoms with van der Waals surface area (Å²) in [4.78, 5) is 4.30. The maximum Gasteiger partial charge on any atom is 0.131 e. The lowest BCUT2D eigenvalue weighted by molar-refractivity contribution is 0.454. The van der Waals surface area contributed by atoms with E-state index in [1.165, 1.54) is 0 Å². The lowest BCUT2D eigenvalue weighted by Gasteiger charge is -2.14. The number of phenols is 1. The molecule has 0 unspecified atom stereocenters. The number of nitrogens with zero attached hydrogens (tertiary/aromatic N) is 2. The highest BCUT2D eigenvalue weighted by Crippen LogP contribution is 2.35. The third-order valence-electron chi connectivity index (χ3n) is 3.93. The molecule has 0 amide bonds. The lowest BCUT2D eigenvalue weighted by Crippen LogP contribution is -1.93. The van der Waals surface area contributed by atoms with Gasteiger partial charge in [0.05, 0.1) is 17.4 Å². The van der Waals surface area contributed by atoms with Gasteiger partial charge in [-0.2, -0.15) is 0 Å². The standard InChI is InChI=1S/C17H18N2O2/c1-10-7-16(11(2)12(3)17(10)20)21-13-5-6-14-15(8-13)19(4)9-18-14/h5-9,20H,1-4H3. The Balaban J connectivity index is 2.04. The third-order valence-corrected chi connectivity index (χ3v) is 3.93. The van der Waals surface area contributed by atoms with Gasteiger partial charge in [0.25, 0.3) is 0 Å². The molecule has 0 fully saturated rings. The molecule has 0 atom stereocenters. The van der Waals surface area contributed by atoms with Crippen LogP contribution in [0.25, 0.3) is 11.0 Å². The van der Waals surface area contributed by atoms with Crippen molar-refractivity contribution in [2.75, 3.05) is 0 Å². The molecule has 4 heteroatoms. The van der Waals surface area contributed by atoms with E-state index in [0.29, 0.717) is 5.75 Å². The van der Waals surface area contributed by atoms with E-state index in [1.807, 2.05) is 56.7 Å². The number of ether oxygens (including phenoxy) is 1. The zero-order chi connectivity index (χ0) is 15.1. The summed E-state index contributed by atoms with van der Waals surface area (Å²) in [5.74, 6) is 1.87. The van der Waals surface area contributed by atoms with Crippen molar-refractivity contribution in [2.45, 2.75) is 20.8 Å². The van der Waals surface area contributed by atoms with E-state index in [9.17, 15) is 5.11 Å². The number of aromatic nitrogens is 2. The molecule has 0 saturated heterocycles. The van der Waals surface area contributed by atoms with Crippen molar-refractivity contribution in [3.8, 4) is 17.2 Å². The second kappa shape index (κ2) is 4.81. The number of imidazole rings is 1. The molecule has 0 aliphatic rings. The Bertz CT molecular complexity index is 834. The topological polar surface area (TPSA) is 47.3 Å². The van der Waals surface area contributed by atoms with E-state index in [-0.39, 0.29) is 0 Å². The average molecular weight is 282 g/mol. The number of phenolic OH excluding ortho intramolecular Hbond substituents is 1. The van der Waals surface area contributed by atoms with Crippen LogP contribution < -0.4 is 4.74 Å². The zero-order valence-corrected chi connectivity index (χ0v) is 12.6. The molecule has 0 aliphatic heterocycles. The van der Waals surface area contributed by atoms with Crippen LogP contribution in [-0.4, -0.2) is 14.7 Å². The molecule has 3 aromatic rings. The van der Waals surface area contributed by atoms with Crippen molar-refractivity contribution in [2.24, 2.45) is 7.05 Å². The number of rotatable bonds is 2. The molecule has 1 heterocycles. The Morgan fingerprint density at radius 3 is 2.62 bits per heavy atom. The minimum atomic E-state index is 0.335. The van der Waals surface area contributed by atoms with Gasteiger partial charge in [-0.15, -0.1) is 0 Å². The van der Waals surface area contributed by atoms with Gasteiger partial charge in [0.2, 0.25) is 0 Å². The van der Waals surface area contributed by atoms with E-state index >= 15 is 0 Å². The molecule has 3 rings (SSSR count). The summed E-state index contributed by atoms with van der Waals surface area (Å²) in [5.41, 5.74) is 4.58. The lowest BCUT2D eigenvalue weighted by atomic mass is 10.0. The zero-order valence-electron chi connectivity index (χ0n) is 12.6. The fourth-order valence-corrected chi connectivity index (χ4v) is 2.43. The number of aromatic hydroxyl groups is 1. The summed E-state index contributed by atoms with van der Waals surface area (Å²) >= 11 is 0. The largest absolute Gasteiger partial charge is 0.507 e. The summed E-state index contributed by atoms with van der Waals surface area (Å²) in [6.45, 7) is 5.72. The Morgan fingerprint density at radius 2 is 1.86 bits per heavy atom. The van der Waals surface area contributed by atoms with Crippen molar-refractivity contribution in [1.82, 2.24) is 9.55 Å². The SMILES string of the molecule is Cc1cc(Oc2ccc3ncn(C)c3c2)c(C)c(C)c1O. The van der Waals surface area contributed by atoms with Crippen LogP contribution >= 0.6 is 0 Å². The van der Waals surface area contributed by atoms with Crippen molar-refractivity contribution in [3.05, 3.63) is 47.3 Å². The minimum Gasteiger partial charge on any atom is -0.507 e. The first-order chi connectivity index (χ1) is 9.97. The predicted molar refractivity (Wildman–Crippen MR) is 83.1 cm³/mol. The first-order valence-electron chi connectivity index (χ1n) is 6.86. The fraction of sp³-hybridized carbons (Fsp3) is 0.235. The molecule has 2 aromatic carbocycles. The molecule has 0 bridgehead atoms. The van der Waals surface area contributed by atoms with Crippen LogP contribution in [0.3, 0.4) is 0 Å². The van der Waals surface area contributed by atoms with Gasteiger partial charge in [0.15, 0.2) is 0 Å². The van der Waals surface area contributed by atoms with Gasteiger partial charge in [0.1, 0.15) is 17.2 Å². The maximum absolute atomic E-state index is 9.96. The van der Waals surface area contributed by atoms with Crippen LogP contribution in [0.5, 0.6) is 17.2 Å². The monoisotopic (exact) mass is 282 g/mol. The number of fused-ring (bicyclic) bond motifs is 1. The van der Waals surface area contributed by atoms with E-state index in [4.69, 9.17) is 4.74 Å². The first kappa shape index (κ1) is 13.5. The van der Waals surface area contributed by atoms with E-state index in [2.05, 4.69) is 4.98 Å². The highest BCUT2D eigenvalue weighted by atomic mass is 16.5. The van der Waals surface area contributed by atoms with E-state index in [0.717, 1.165) is 39.2 Å². The van der Waals surface area contributed by atoms with Gasteiger partial charge in [-0.05, 0) is 55.7 Å². The Labute approximate surface area is 123 Å². The summed E-state index contributed by atoms with van der Waals surface area (Å²) < 4.78 is 7.97. The molecule has 4 nitrogen and oxygen atoms in total. The molecule has 0 spiro atoms. The number of hydrogen-bond acceptors (Lipinski definition) is 3. The van der Waals surface area contributed by atoms with Crippen LogP contribution in [0.2, 0.25) is 0 Å². The first-order valence-corrected chi connectivity index (χ1v) is 6.86. The molecule has 1 aromatic heterocycles. The van der Waals surface area contributed by atoms with E-state index in [1.54, 1.807) is 6.33 Å². The molecule has 1 N–H and O–H groups in total. The minimum absolute atomic E-state index is 0.335. The molecule has 0 radical (unpaired) electrons. The molecule has 108 valence electrons. The van der Waals surface area contributed by atoms with Crippen LogP contribution in [0, 0.1) is 20.8 Å². The van der Waals surface area contributed by atoms with Crippen molar-refractivity contribution >= 4 is 11.0 Å². The van der Waals surface area contributed by atoms with Gasteiger partial charge < -0.3 is 14.4 Å². The average Bonchev–Trinajstić information content (AvgIpc) is 2.84. The Kier molecular flexibility index (Phi) is 3.09. The number of hydrogen-bond donors (Lipinski definition) is 1. The quantitative estimate of drug-likeness (QED) is 0.773. The van der Waals surface area contributed by atoms with Gasteiger partial charge in [-0.3, -0.25) is 0 Å². The van der Waals surface area contributed by atoms with Crippen LogP contribution in [0.4, 0.5) is 0 Å². The smallest absolute Gasteiger partial charge is 0.131 e. The van der Waals surface area contributed by atoms with Crippen LogP contribution in [0.1, 0.15) is 16.7 Å². The number of aryl methyl sites for hydroxylation is 2. The van der Waals surface area contributed by atoms with Gasteiger partial charge in [-0.25, -0.2) is 4.98 Å². The maximum atomic E-state index is 9.96. The predicted octanol–water partition coefficient (Wildman–Crippen LogP) is 4.00. The van der Waals surface area contributed by atoms with Crippen LogP contribution in [0.15, 0.2) is 30.6 Å². The van der Waals surface area contributed by atoms with Crippen molar-refractivity contribution < 1.29 is 9.84 Å². The molecule has 0 aliphatic carbocycles. The van der Waals surface area contributed by atoms with Crippen LogP contribution in [-0.2, 0) is 7.05 Å². The molecule has 21 heavy (non-hydrogen) atoms. The Hall–Kier alpha value is -2.49. The van der Waals surface area contributed by atoms with Gasteiger partial charge >= 0.3 is 0 Å². The highest BCUT2D eigenvalue weighted by Gasteiger charge is 2.11. The summed E-state index contributed by atoms with van der Waals surface area (Å²) in [6, 6.07) is 7.69. The second-order valence-corrected chi connectivity index (χ2v) is 5.40. The molecular weight excluding hydrogens is 264 g/mol. The van der Waals surface area contributed by atoms with E-state index < -0.39 is 0 Å². The highest BCUT2D eigenvalue weighted by molar-refractivity contribution is 5.77. The summed E-state index contributed by atoms with van der Waals surface area (Å²) in [7, 11) is 1.96. The van der Waals surface area contributed by atoms with Gasteiger partial charge in [0, 0.05) is 13.1 Å². The van der Waals surface area contributed by atoms with Gasteiger partial charge in [-0.1, -0.05) is 0 Å². The molecular formula is C17H18N2O2. The summed E-state index contributed by atoms with van der Waals surface area (Å²) in [6.07, 6.45) is 1.79. The number of benzene rings is 2. The van der Waals surface area contributed by atoms with Crippen molar-refractivity contribution in [3.63, 3.8) is 0 Å². The third kappa shape index (κ3) is 2.23. The summed E-state index contributed by atoms with van der Waals surface area (Å²) in [5, 5.41) is 9.96. The second-order valence-electron chi connectivity index (χ2n) is 5.40.